The van der Waals surface area contributed by atoms with E-state index in [1.807, 2.05) is 0 Å². The van der Waals surface area contributed by atoms with Crippen molar-refractivity contribution in [1.82, 2.24) is 0 Å². The summed E-state index contributed by atoms with van der Waals surface area (Å²) in [6, 6.07) is 4.53. The zero-order chi connectivity index (χ0) is 23.2. The molecule has 0 aliphatic heterocycles. The van der Waals surface area contributed by atoms with Gasteiger partial charge in [-0.3, -0.25) is 0 Å². The maximum atomic E-state index is 11.4. The van der Waals surface area contributed by atoms with Gasteiger partial charge in [0.05, 0.1) is 0 Å². The predicted octanol–water partition coefficient (Wildman–Crippen LogP) is 8.81. The standard InChI is InChI=1S/C29H48OS/c1-9-10-27(7)14-21-15-28(8,19-29(16-21,18-27)13-20(2)3)24-12-23(26(4,5)6)11-22(17-31)25(24)30/h11-12,20-21,30-31H,9-10,13-19H2,1-8H3. The second kappa shape index (κ2) is 8.62. The number of benzene rings is 1. The molecule has 1 aromatic carbocycles. The number of fused-ring (bicyclic) bond motifs is 2. The Bertz CT molecular complexity index is 787. The van der Waals surface area contributed by atoms with E-state index in [9.17, 15) is 5.11 Å². The number of phenols is 1. The van der Waals surface area contributed by atoms with Gasteiger partial charge in [-0.15, -0.1) is 0 Å². The van der Waals surface area contributed by atoms with Crippen molar-refractivity contribution in [3.05, 3.63) is 28.8 Å². The Balaban J connectivity index is 2.09. The van der Waals surface area contributed by atoms with Crippen LogP contribution in [0.4, 0.5) is 0 Å². The molecular formula is C29H48OS. The number of aromatic hydroxyl groups is 1. The van der Waals surface area contributed by atoms with Crippen molar-refractivity contribution in [3.63, 3.8) is 0 Å². The fourth-order valence-corrected chi connectivity index (χ4v) is 8.29. The highest BCUT2D eigenvalue weighted by Gasteiger charge is 2.54. The first kappa shape index (κ1) is 25.0. The molecule has 1 nitrogen and oxygen atoms in total. The summed E-state index contributed by atoms with van der Waals surface area (Å²) in [4.78, 5) is 0. The van der Waals surface area contributed by atoms with Crippen molar-refractivity contribution < 1.29 is 5.11 Å². The van der Waals surface area contributed by atoms with Crippen LogP contribution in [-0.4, -0.2) is 5.11 Å². The molecule has 2 fully saturated rings. The van der Waals surface area contributed by atoms with Gasteiger partial charge in [0.1, 0.15) is 5.75 Å². The van der Waals surface area contributed by atoms with E-state index < -0.39 is 0 Å². The van der Waals surface area contributed by atoms with Crippen LogP contribution in [0.1, 0.15) is 123 Å². The maximum Gasteiger partial charge on any atom is 0.123 e. The minimum atomic E-state index is 0.0361. The van der Waals surface area contributed by atoms with Crippen LogP contribution >= 0.6 is 12.6 Å². The third-order valence-electron chi connectivity index (χ3n) is 8.38. The molecule has 4 atom stereocenters. The summed E-state index contributed by atoms with van der Waals surface area (Å²) in [5.74, 6) is 2.59. The fourth-order valence-electron chi connectivity index (χ4n) is 8.05. The summed E-state index contributed by atoms with van der Waals surface area (Å²) in [5.41, 5.74) is 4.51. The van der Waals surface area contributed by atoms with Crippen molar-refractivity contribution in [2.24, 2.45) is 22.7 Å². The number of phenolic OH excluding ortho intramolecular Hbond substituents is 1. The molecule has 1 aromatic rings. The largest absolute Gasteiger partial charge is 0.507 e. The SMILES string of the molecule is CCCC1(C)CC2CC(CC(C)C)(C1)CC(C)(c1cc(C(C)(C)C)cc(CS)c1O)C2. The van der Waals surface area contributed by atoms with Gasteiger partial charge in [-0.05, 0) is 84.0 Å². The molecule has 2 saturated carbocycles. The summed E-state index contributed by atoms with van der Waals surface area (Å²) in [6.45, 7) is 19.0. The molecule has 0 saturated heterocycles. The van der Waals surface area contributed by atoms with Crippen LogP contribution < -0.4 is 0 Å². The highest BCUT2D eigenvalue weighted by molar-refractivity contribution is 7.79. The fraction of sp³-hybridized carbons (Fsp3) is 0.793. The van der Waals surface area contributed by atoms with E-state index in [1.54, 1.807) is 0 Å². The smallest absolute Gasteiger partial charge is 0.123 e. The zero-order valence-electron chi connectivity index (χ0n) is 21.6. The molecule has 2 aliphatic carbocycles. The van der Waals surface area contributed by atoms with Gasteiger partial charge in [0.25, 0.3) is 0 Å². The minimum Gasteiger partial charge on any atom is -0.507 e. The summed E-state index contributed by atoms with van der Waals surface area (Å²) < 4.78 is 0. The topological polar surface area (TPSA) is 20.2 Å². The number of hydrogen-bond acceptors (Lipinski definition) is 2. The summed E-state index contributed by atoms with van der Waals surface area (Å²) in [7, 11) is 0. The lowest BCUT2D eigenvalue weighted by molar-refractivity contribution is -0.0552. The maximum absolute atomic E-state index is 11.4. The molecule has 0 amide bonds. The van der Waals surface area contributed by atoms with Crippen LogP contribution in [0.25, 0.3) is 0 Å². The molecule has 2 heteroatoms. The minimum absolute atomic E-state index is 0.0361. The van der Waals surface area contributed by atoms with Gasteiger partial charge in [0.2, 0.25) is 0 Å². The van der Waals surface area contributed by atoms with Crippen LogP contribution in [0.5, 0.6) is 5.75 Å². The van der Waals surface area contributed by atoms with Gasteiger partial charge in [0.15, 0.2) is 0 Å². The van der Waals surface area contributed by atoms with Gasteiger partial charge >= 0.3 is 0 Å². The van der Waals surface area contributed by atoms with E-state index in [2.05, 4.69) is 80.2 Å². The third kappa shape index (κ3) is 5.15. The van der Waals surface area contributed by atoms with Crippen LogP contribution in [0.2, 0.25) is 0 Å². The van der Waals surface area contributed by atoms with E-state index in [-0.39, 0.29) is 10.8 Å². The Morgan fingerprint density at radius 1 is 1.10 bits per heavy atom. The van der Waals surface area contributed by atoms with Gasteiger partial charge in [-0.25, -0.2) is 0 Å². The van der Waals surface area contributed by atoms with Crippen molar-refractivity contribution in [1.29, 1.82) is 0 Å². The first-order chi connectivity index (χ1) is 14.2. The lowest BCUT2D eigenvalue weighted by atomic mass is 9.46. The first-order valence-electron chi connectivity index (χ1n) is 12.7. The van der Waals surface area contributed by atoms with Gasteiger partial charge in [0, 0.05) is 16.9 Å². The molecule has 1 N–H and O–H groups in total. The summed E-state index contributed by atoms with van der Waals surface area (Å²) >= 11 is 4.57. The van der Waals surface area contributed by atoms with Crippen LogP contribution in [0, 0.1) is 22.7 Å². The second-order valence-corrected chi connectivity index (χ2v) is 13.8. The van der Waals surface area contributed by atoms with Crippen molar-refractivity contribution in [2.75, 3.05) is 0 Å². The van der Waals surface area contributed by atoms with E-state index >= 15 is 0 Å². The molecule has 3 rings (SSSR count). The molecule has 4 unspecified atom stereocenters. The molecule has 31 heavy (non-hydrogen) atoms. The van der Waals surface area contributed by atoms with E-state index in [1.165, 1.54) is 62.5 Å². The van der Waals surface area contributed by atoms with Gasteiger partial charge in [-0.1, -0.05) is 73.9 Å². The Labute approximate surface area is 198 Å². The quantitative estimate of drug-likeness (QED) is 0.420. The summed E-state index contributed by atoms with van der Waals surface area (Å²) in [5, 5.41) is 11.4. The highest BCUT2D eigenvalue weighted by Crippen LogP contribution is 2.64. The van der Waals surface area contributed by atoms with Crippen molar-refractivity contribution in [2.45, 2.75) is 123 Å². The lowest BCUT2D eigenvalue weighted by Gasteiger charge is -2.59. The number of hydrogen-bond donors (Lipinski definition) is 2. The zero-order valence-corrected chi connectivity index (χ0v) is 22.5. The molecule has 2 bridgehead atoms. The average molecular weight is 445 g/mol. The van der Waals surface area contributed by atoms with Gasteiger partial charge in [-0.2, -0.15) is 12.6 Å². The monoisotopic (exact) mass is 444 g/mol. The molecule has 176 valence electrons. The predicted molar refractivity (Wildman–Crippen MR) is 138 cm³/mol. The first-order valence-corrected chi connectivity index (χ1v) is 13.4. The van der Waals surface area contributed by atoms with Crippen molar-refractivity contribution >= 4 is 12.6 Å². The molecule has 0 radical (unpaired) electrons. The number of rotatable bonds is 6. The van der Waals surface area contributed by atoms with E-state index in [0.29, 0.717) is 22.3 Å². The lowest BCUT2D eigenvalue weighted by Crippen LogP contribution is -2.49. The molecule has 0 aromatic heterocycles. The Morgan fingerprint density at radius 3 is 2.32 bits per heavy atom. The normalized spacial score (nSPS) is 33.7. The second-order valence-electron chi connectivity index (χ2n) is 13.5. The highest BCUT2D eigenvalue weighted by atomic mass is 32.1. The van der Waals surface area contributed by atoms with Gasteiger partial charge < -0.3 is 5.11 Å². The van der Waals surface area contributed by atoms with E-state index in [0.717, 1.165) is 17.4 Å². The Morgan fingerprint density at radius 2 is 1.77 bits per heavy atom. The van der Waals surface area contributed by atoms with Crippen LogP contribution in [0.3, 0.4) is 0 Å². The Hall–Kier alpha value is -0.630. The molecule has 2 aliphatic rings. The molecule has 0 heterocycles. The van der Waals surface area contributed by atoms with E-state index in [4.69, 9.17) is 0 Å². The van der Waals surface area contributed by atoms with Crippen molar-refractivity contribution in [3.8, 4) is 5.75 Å². The third-order valence-corrected chi connectivity index (χ3v) is 8.72. The average Bonchev–Trinajstić information content (AvgIpc) is 2.58. The Kier molecular flexibility index (Phi) is 6.95. The summed E-state index contributed by atoms with van der Waals surface area (Å²) in [6.07, 6.45) is 10.5. The van der Waals surface area contributed by atoms with Crippen LogP contribution in [-0.2, 0) is 16.6 Å². The molecular weight excluding hydrogens is 396 g/mol. The number of thiol groups is 1. The molecule has 0 spiro atoms. The van der Waals surface area contributed by atoms with Crippen LogP contribution in [0.15, 0.2) is 12.1 Å².